The molecule has 0 aliphatic heterocycles. The molecule has 0 aliphatic carbocycles. The van der Waals surface area contributed by atoms with Crippen molar-refractivity contribution in [1.29, 1.82) is 0 Å². The van der Waals surface area contributed by atoms with E-state index in [4.69, 9.17) is 4.74 Å². The minimum absolute atomic E-state index is 0.325. The Morgan fingerprint density at radius 3 is 2.53 bits per heavy atom. The zero-order chi connectivity index (χ0) is 13.8. The molecule has 0 fully saturated rings. The molecule has 0 aromatic heterocycles. The molecule has 0 radical (unpaired) electrons. The SMILES string of the molecule is CCCCCCNCC(CC)OCc1ccccc1. The molecule has 0 aliphatic rings. The third-order valence-corrected chi connectivity index (χ3v) is 3.36. The lowest BCUT2D eigenvalue weighted by Crippen LogP contribution is -2.29. The van der Waals surface area contributed by atoms with Crippen LogP contribution in [0.5, 0.6) is 0 Å². The fourth-order valence-electron chi connectivity index (χ4n) is 2.05. The third-order valence-electron chi connectivity index (χ3n) is 3.36. The predicted molar refractivity (Wildman–Crippen MR) is 82.3 cm³/mol. The second kappa shape index (κ2) is 11.0. The van der Waals surface area contributed by atoms with Crippen molar-refractivity contribution in [2.75, 3.05) is 13.1 Å². The predicted octanol–water partition coefficient (Wildman–Crippen LogP) is 4.15. The number of benzene rings is 1. The van der Waals surface area contributed by atoms with Gasteiger partial charge in [-0.1, -0.05) is 63.4 Å². The van der Waals surface area contributed by atoms with E-state index in [9.17, 15) is 0 Å². The van der Waals surface area contributed by atoms with Crippen LogP contribution in [0, 0.1) is 0 Å². The first-order valence-corrected chi connectivity index (χ1v) is 7.73. The van der Waals surface area contributed by atoms with Gasteiger partial charge >= 0.3 is 0 Å². The van der Waals surface area contributed by atoms with E-state index in [1.807, 2.05) is 6.07 Å². The molecule has 0 saturated heterocycles. The largest absolute Gasteiger partial charge is 0.372 e. The van der Waals surface area contributed by atoms with E-state index in [2.05, 4.69) is 43.4 Å². The molecular weight excluding hydrogens is 234 g/mol. The monoisotopic (exact) mass is 263 g/mol. The van der Waals surface area contributed by atoms with E-state index in [1.165, 1.54) is 31.2 Å². The molecule has 0 saturated carbocycles. The fourth-order valence-corrected chi connectivity index (χ4v) is 2.05. The Balaban J connectivity index is 2.09. The maximum absolute atomic E-state index is 5.94. The maximum atomic E-state index is 5.94. The molecule has 1 aromatic rings. The zero-order valence-corrected chi connectivity index (χ0v) is 12.5. The quantitative estimate of drug-likeness (QED) is 0.606. The highest BCUT2D eigenvalue weighted by Crippen LogP contribution is 2.05. The first kappa shape index (κ1) is 16.2. The molecule has 0 spiro atoms. The molecule has 1 rings (SSSR count). The molecule has 2 nitrogen and oxygen atoms in total. The molecule has 1 atom stereocenters. The molecule has 1 unspecified atom stereocenters. The van der Waals surface area contributed by atoms with Gasteiger partial charge in [0.15, 0.2) is 0 Å². The molecule has 108 valence electrons. The molecule has 0 amide bonds. The van der Waals surface area contributed by atoms with Crippen molar-refractivity contribution in [3.05, 3.63) is 35.9 Å². The van der Waals surface area contributed by atoms with E-state index in [1.54, 1.807) is 0 Å². The molecule has 2 heteroatoms. The topological polar surface area (TPSA) is 21.3 Å². The van der Waals surface area contributed by atoms with E-state index in [-0.39, 0.29) is 0 Å². The Labute approximate surface area is 118 Å². The van der Waals surface area contributed by atoms with Crippen molar-refractivity contribution in [2.45, 2.75) is 58.7 Å². The van der Waals surface area contributed by atoms with E-state index in [0.29, 0.717) is 6.10 Å². The number of hydrogen-bond donors (Lipinski definition) is 1. The average Bonchev–Trinajstić information content (AvgIpc) is 2.47. The van der Waals surface area contributed by atoms with Crippen LogP contribution in [0.25, 0.3) is 0 Å². The smallest absolute Gasteiger partial charge is 0.0721 e. The summed E-state index contributed by atoms with van der Waals surface area (Å²) < 4.78 is 5.94. The molecule has 0 bridgehead atoms. The Morgan fingerprint density at radius 2 is 1.84 bits per heavy atom. The summed E-state index contributed by atoms with van der Waals surface area (Å²) in [5.41, 5.74) is 1.25. The van der Waals surface area contributed by atoms with Gasteiger partial charge in [-0.05, 0) is 24.9 Å². The van der Waals surface area contributed by atoms with Gasteiger partial charge in [0.1, 0.15) is 0 Å². The summed E-state index contributed by atoms with van der Waals surface area (Å²) >= 11 is 0. The minimum Gasteiger partial charge on any atom is -0.372 e. The van der Waals surface area contributed by atoms with Crippen molar-refractivity contribution >= 4 is 0 Å². The van der Waals surface area contributed by atoms with Crippen LogP contribution in [0.4, 0.5) is 0 Å². The van der Waals surface area contributed by atoms with Gasteiger partial charge in [0, 0.05) is 6.54 Å². The molecule has 1 aromatic carbocycles. The number of hydrogen-bond acceptors (Lipinski definition) is 2. The van der Waals surface area contributed by atoms with Crippen LogP contribution >= 0.6 is 0 Å². The number of unbranched alkanes of at least 4 members (excludes halogenated alkanes) is 3. The van der Waals surface area contributed by atoms with E-state index >= 15 is 0 Å². The molecule has 0 heterocycles. The van der Waals surface area contributed by atoms with Crippen LogP contribution in [0.2, 0.25) is 0 Å². The molecule has 1 N–H and O–H groups in total. The van der Waals surface area contributed by atoms with Gasteiger partial charge in [-0.3, -0.25) is 0 Å². The second-order valence-electron chi connectivity index (χ2n) is 5.09. The highest BCUT2D eigenvalue weighted by atomic mass is 16.5. The van der Waals surface area contributed by atoms with Crippen molar-refractivity contribution < 1.29 is 4.74 Å². The van der Waals surface area contributed by atoms with Gasteiger partial charge < -0.3 is 10.1 Å². The van der Waals surface area contributed by atoms with Gasteiger partial charge in [-0.2, -0.15) is 0 Å². The summed E-state index contributed by atoms with van der Waals surface area (Å²) in [5.74, 6) is 0. The Kier molecular flexibility index (Phi) is 9.38. The number of nitrogens with one attached hydrogen (secondary N) is 1. The average molecular weight is 263 g/mol. The highest BCUT2D eigenvalue weighted by Gasteiger charge is 2.05. The first-order valence-electron chi connectivity index (χ1n) is 7.73. The third kappa shape index (κ3) is 8.02. The Morgan fingerprint density at radius 1 is 1.05 bits per heavy atom. The van der Waals surface area contributed by atoms with E-state index < -0.39 is 0 Å². The van der Waals surface area contributed by atoms with Crippen LogP contribution in [0.3, 0.4) is 0 Å². The molecule has 19 heavy (non-hydrogen) atoms. The summed E-state index contributed by atoms with van der Waals surface area (Å²) in [7, 11) is 0. The van der Waals surface area contributed by atoms with Crippen LogP contribution in [0.1, 0.15) is 51.5 Å². The lowest BCUT2D eigenvalue weighted by Gasteiger charge is -2.17. The maximum Gasteiger partial charge on any atom is 0.0721 e. The lowest BCUT2D eigenvalue weighted by atomic mass is 10.2. The van der Waals surface area contributed by atoms with Crippen molar-refractivity contribution in [3.8, 4) is 0 Å². The Bertz CT molecular complexity index is 299. The normalized spacial score (nSPS) is 12.5. The van der Waals surface area contributed by atoms with Gasteiger partial charge in [-0.25, -0.2) is 0 Å². The zero-order valence-electron chi connectivity index (χ0n) is 12.5. The van der Waals surface area contributed by atoms with Crippen LogP contribution in [-0.4, -0.2) is 19.2 Å². The first-order chi connectivity index (χ1) is 9.36. The van der Waals surface area contributed by atoms with E-state index in [0.717, 1.165) is 26.1 Å². The Hall–Kier alpha value is -0.860. The number of ether oxygens (including phenoxy) is 1. The standard InChI is InChI=1S/C17H29NO/c1-3-5-6-10-13-18-14-17(4-2)19-15-16-11-8-7-9-12-16/h7-9,11-12,17-18H,3-6,10,13-15H2,1-2H3. The van der Waals surface area contributed by atoms with Gasteiger partial charge in [-0.15, -0.1) is 0 Å². The van der Waals surface area contributed by atoms with Crippen LogP contribution in [0.15, 0.2) is 30.3 Å². The summed E-state index contributed by atoms with van der Waals surface area (Å²) in [4.78, 5) is 0. The van der Waals surface area contributed by atoms with Crippen LogP contribution < -0.4 is 5.32 Å². The summed E-state index contributed by atoms with van der Waals surface area (Å²) in [6, 6.07) is 10.4. The number of rotatable bonds is 11. The summed E-state index contributed by atoms with van der Waals surface area (Å²) in [6.45, 7) is 7.24. The second-order valence-corrected chi connectivity index (χ2v) is 5.09. The minimum atomic E-state index is 0.325. The van der Waals surface area contributed by atoms with Gasteiger partial charge in [0.05, 0.1) is 12.7 Å². The highest BCUT2D eigenvalue weighted by molar-refractivity contribution is 5.13. The van der Waals surface area contributed by atoms with Gasteiger partial charge in [0.25, 0.3) is 0 Å². The van der Waals surface area contributed by atoms with Crippen molar-refractivity contribution in [2.24, 2.45) is 0 Å². The molecular formula is C17H29NO. The summed E-state index contributed by atoms with van der Waals surface area (Å²) in [5, 5.41) is 3.51. The van der Waals surface area contributed by atoms with Crippen LogP contribution in [-0.2, 0) is 11.3 Å². The fraction of sp³-hybridized carbons (Fsp3) is 0.647. The van der Waals surface area contributed by atoms with Crippen molar-refractivity contribution in [3.63, 3.8) is 0 Å². The lowest BCUT2D eigenvalue weighted by molar-refractivity contribution is 0.0385. The summed E-state index contributed by atoms with van der Waals surface area (Å²) in [6.07, 6.45) is 6.66. The van der Waals surface area contributed by atoms with Crippen molar-refractivity contribution in [1.82, 2.24) is 5.32 Å². The van der Waals surface area contributed by atoms with Gasteiger partial charge in [0.2, 0.25) is 0 Å².